The standard InChI is InChI=1S/C15H22BrN3O2/c1-10-7-15(9-21-10)3-5-19(6-4-15)14-12(8-20)18-13(16)11(2)17-14/h10,20H,3-9H2,1-2H3/t10-/m0/s1. The number of ether oxygens (including phenoxy) is 1. The minimum Gasteiger partial charge on any atom is -0.390 e. The van der Waals surface area contributed by atoms with E-state index in [0.29, 0.717) is 21.8 Å². The number of piperidine rings is 1. The molecule has 2 aliphatic rings. The summed E-state index contributed by atoms with van der Waals surface area (Å²) in [5.74, 6) is 0.833. The van der Waals surface area contributed by atoms with Crippen LogP contribution in [0, 0.1) is 12.3 Å². The van der Waals surface area contributed by atoms with Gasteiger partial charge in [-0.3, -0.25) is 0 Å². The van der Waals surface area contributed by atoms with E-state index in [9.17, 15) is 5.11 Å². The first kappa shape index (κ1) is 15.2. The van der Waals surface area contributed by atoms with Crippen LogP contribution in [0.1, 0.15) is 37.6 Å². The largest absolute Gasteiger partial charge is 0.390 e. The lowest BCUT2D eigenvalue weighted by molar-refractivity contribution is 0.0975. The van der Waals surface area contributed by atoms with Crippen molar-refractivity contribution in [2.75, 3.05) is 24.6 Å². The molecule has 6 heteroatoms. The van der Waals surface area contributed by atoms with Crippen molar-refractivity contribution in [1.29, 1.82) is 0 Å². The average molecular weight is 356 g/mol. The molecule has 0 amide bonds. The summed E-state index contributed by atoms with van der Waals surface area (Å²) in [6.45, 7) is 6.81. The molecule has 5 nitrogen and oxygen atoms in total. The van der Waals surface area contributed by atoms with E-state index in [2.05, 4.69) is 37.7 Å². The molecule has 1 aromatic rings. The van der Waals surface area contributed by atoms with Crippen LogP contribution in [0.3, 0.4) is 0 Å². The highest BCUT2D eigenvalue weighted by atomic mass is 79.9. The highest BCUT2D eigenvalue weighted by Crippen LogP contribution is 2.42. The normalized spacial score (nSPS) is 24.8. The van der Waals surface area contributed by atoms with E-state index in [1.807, 2.05) is 6.92 Å². The molecule has 0 bridgehead atoms. The lowest BCUT2D eigenvalue weighted by Crippen LogP contribution is -2.41. The van der Waals surface area contributed by atoms with Crippen molar-refractivity contribution in [1.82, 2.24) is 9.97 Å². The summed E-state index contributed by atoms with van der Waals surface area (Å²) in [7, 11) is 0. The molecular formula is C15H22BrN3O2. The van der Waals surface area contributed by atoms with Crippen molar-refractivity contribution < 1.29 is 9.84 Å². The number of aromatic nitrogens is 2. The van der Waals surface area contributed by atoms with Gasteiger partial charge in [0.15, 0.2) is 5.82 Å². The second kappa shape index (κ2) is 5.82. The number of aryl methyl sites for hydroxylation is 1. The molecule has 2 fully saturated rings. The first-order valence-corrected chi connectivity index (χ1v) is 8.33. The minimum absolute atomic E-state index is 0.0804. The van der Waals surface area contributed by atoms with Crippen molar-refractivity contribution in [2.24, 2.45) is 5.41 Å². The molecule has 0 aliphatic carbocycles. The van der Waals surface area contributed by atoms with E-state index in [1.165, 1.54) is 6.42 Å². The summed E-state index contributed by atoms with van der Waals surface area (Å²) in [6.07, 6.45) is 3.80. The van der Waals surface area contributed by atoms with Crippen LogP contribution < -0.4 is 4.90 Å². The zero-order chi connectivity index (χ0) is 15.0. The molecule has 3 heterocycles. The number of hydrogen-bond acceptors (Lipinski definition) is 5. The Labute approximate surface area is 133 Å². The van der Waals surface area contributed by atoms with Gasteiger partial charge in [-0.25, -0.2) is 9.97 Å². The van der Waals surface area contributed by atoms with Crippen molar-refractivity contribution in [3.63, 3.8) is 0 Å². The molecule has 3 rings (SSSR count). The van der Waals surface area contributed by atoms with Crippen LogP contribution in [0.5, 0.6) is 0 Å². The quantitative estimate of drug-likeness (QED) is 0.882. The Morgan fingerprint density at radius 3 is 2.67 bits per heavy atom. The molecule has 2 saturated heterocycles. The minimum atomic E-state index is -0.0804. The molecule has 1 N–H and O–H groups in total. The number of anilines is 1. The molecule has 0 saturated carbocycles. The van der Waals surface area contributed by atoms with Crippen LogP contribution in [-0.4, -0.2) is 40.9 Å². The first-order valence-electron chi connectivity index (χ1n) is 7.53. The zero-order valence-corrected chi connectivity index (χ0v) is 14.2. The van der Waals surface area contributed by atoms with Crippen molar-refractivity contribution in [3.8, 4) is 0 Å². The van der Waals surface area contributed by atoms with E-state index in [-0.39, 0.29) is 6.61 Å². The number of hydrogen-bond donors (Lipinski definition) is 1. The summed E-state index contributed by atoms with van der Waals surface area (Å²) in [5, 5.41) is 9.53. The van der Waals surface area contributed by atoms with Gasteiger partial charge >= 0.3 is 0 Å². The summed E-state index contributed by atoms with van der Waals surface area (Å²) in [6, 6.07) is 0. The lowest BCUT2D eigenvalue weighted by atomic mass is 9.77. The average Bonchev–Trinajstić information content (AvgIpc) is 2.83. The van der Waals surface area contributed by atoms with Crippen molar-refractivity contribution >= 4 is 21.7 Å². The highest BCUT2D eigenvalue weighted by Gasteiger charge is 2.41. The maximum Gasteiger partial charge on any atom is 0.153 e. The predicted molar refractivity (Wildman–Crippen MR) is 84.3 cm³/mol. The Hall–Kier alpha value is -0.720. The number of halogens is 1. The van der Waals surface area contributed by atoms with Crippen LogP contribution in [-0.2, 0) is 11.3 Å². The topological polar surface area (TPSA) is 58.5 Å². The second-order valence-electron chi connectivity index (χ2n) is 6.34. The molecule has 0 radical (unpaired) electrons. The van der Waals surface area contributed by atoms with E-state index in [4.69, 9.17) is 4.74 Å². The Morgan fingerprint density at radius 2 is 2.10 bits per heavy atom. The number of aliphatic hydroxyl groups is 1. The Kier molecular flexibility index (Phi) is 4.21. The van der Waals surface area contributed by atoms with Crippen LogP contribution in [0.25, 0.3) is 0 Å². The summed E-state index contributed by atoms with van der Waals surface area (Å²) < 4.78 is 6.48. The molecule has 1 spiro atoms. The van der Waals surface area contributed by atoms with Crippen LogP contribution in [0.4, 0.5) is 5.82 Å². The fraction of sp³-hybridized carbons (Fsp3) is 0.733. The van der Waals surface area contributed by atoms with Gasteiger partial charge in [-0.2, -0.15) is 0 Å². The van der Waals surface area contributed by atoms with E-state index < -0.39 is 0 Å². The Balaban J connectivity index is 1.76. The van der Waals surface area contributed by atoms with Gasteiger partial charge in [0, 0.05) is 13.1 Å². The number of rotatable bonds is 2. The van der Waals surface area contributed by atoms with Crippen molar-refractivity contribution in [3.05, 3.63) is 16.0 Å². The molecular weight excluding hydrogens is 334 g/mol. The lowest BCUT2D eigenvalue weighted by Gasteiger charge is -2.39. The molecule has 2 aliphatic heterocycles. The monoisotopic (exact) mass is 355 g/mol. The SMILES string of the molecule is Cc1nc(N2CCC3(CC2)CO[C@@H](C)C3)c(CO)nc1Br. The van der Waals surface area contributed by atoms with Gasteiger partial charge < -0.3 is 14.7 Å². The number of aliphatic hydroxyl groups excluding tert-OH is 1. The maximum atomic E-state index is 9.53. The maximum absolute atomic E-state index is 9.53. The number of nitrogens with zero attached hydrogens (tertiary/aromatic N) is 3. The Morgan fingerprint density at radius 1 is 1.38 bits per heavy atom. The molecule has 0 aromatic carbocycles. The Bertz CT molecular complexity index is 530. The summed E-state index contributed by atoms with van der Waals surface area (Å²) >= 11 is 3.38. The summed E-state index contributed by atoms with van der Waals surface area (Å²) in [5.41, 5.74) is 1.87. The smallest absolute Gasteiger partial charge is 0.153 e. The van der Waals surface area contributed by atoms with Crippen LogP contribution >= 0.6 is 15.9 Å². The van der Waals surface area contributed by atoms with Gasteiger partial charge in [-0.15, -0.1) is 0 Å². The third kappa shape index (κ3) is 2.94. The van der Waals surface area contributed by atoms with Gasteiger partial charge in [0.1, 0.15) is 10.3 Å². The van der Waals surface area contributed by atoms with E-state index >= 15 is 0 Å². The van der Waals surface area contributed by atoms with E-state index in [1.54, 1.807) is 0 Å². The van der Waals surface area contributed by atoms with Gasteiger partial charge in [0.05, 0.1) is 25.0 Å². The van der Waals surface area contributed by atoms with Crippen molar-refractivity contribution in [2.45, 2.75) is 45.8 Å². The summed E-state index contributed by atoms with van der Waals surface area (Å²) in [4.78, 5) is 11.3. The van der Waals surface area contributed by atoms with Crippen LogP contribution in [0.2, 0.25) is 0 Å². The zero-order valence-electron chi connectivity index (χ0n) is 12.6. The van der Waals surface area contributed by atoms with E-state index in [0.717, 1.165) is 44.0 Å². The first-order chi connectivity index (χ1) is 10.0. The third-order valence-electron chi connectivity index (χ3n) is 4.73. The fourth-order valence-electron chi connectivity index (χ4n) is 3.47. The molecule has 0 unspecified atom stereocenters. The van der Waals surface area contributed by atoms with Gasteiger partial charge in [-0.1, -0.05) is 0 Å². The third-order valence-corrected chi connectivity index (χ3v) is 5.48. The fourth-order valence-corrected chi connectivity index (χ4v) is 3.77. The molecule has 1 aromatic heterocycles. The highest BCUT2D eigenvalue weighted by molar-refractivity contribution is 9.10. The van der Waals surface area contributed by atoms with Gasteiger partial charge in [0.25, 0.3) is 0 Å². The van der Waals surface area contributed by atoms with Gasteiger partial charge in [-0.05, 0) is 54.5 Å². The molecule has 21 heavy (non-hydrogen) atoms. The van der Waals surface area contributed by atoms with Crippen LogP contribution in [0.15, 0.2) is 4.60 Å². The van der Waals surface area contributed by atoms with Gasteiger partial charge in [0.2, 0.25) is 0 Å². The molecule has 116 valence electrons. The predicted octanol–water partition coefficient (Wildman–Crippen LogP) is 2.44. The molecule has 1 atom stereocenters. The second-order valence-corrected chi connectivity index (χ2v) is 7.09.